The van der Waals surface area contributed by atoms with Crippen molar-refractivity contribution in [2.75, 3.05) is 0 Å². The third kappa shape index (κ3) is 7.89. The summed E-state index contributed by atoms with van der Waals surface area (Å²) in [6.07, 6.45) is -0.728. The van der Waals surface area contributed by atoms with E-state index in [9.17, 15) is 9.59 Å². The number of rotatable bonds is 8. The molecule has 0 aliphatic heterocycles. The molecule has 0 amide bonds. The van der Waals surface area contributed by atoms with Gasteiger partial charge < -0.3 is 14.2 Å². The van der Waals surface area contributed by atoms with Gasteiger partial charge in [0.15, 0.2) is 0 Å². The predicted octanol–water partition coefficient (Wildman–Crippen LogP) is 4.39. The number of hydrogen-bond acceptors (Lipinski definition) is 5. The Kier molecular flexibility index (Phi) is 8.12. The van der Waals surface area contributed by atoms with Crippen LogP contribution in [0.5, 0.6) is 5.75 Å². The highest BCUT2D eigenvalue weighted by molar-refractivity contribution is 5.79. The van der Waals surface area contributed by atoms with Gasteiger partial charge in [0, 0.05) is 0 Å². The molecule has 0 fully saturated rings. The van der Waals surface area contributed by atoms with Crippen molar-refractivity contribution in [2.24, 2.45) is 11.8 Å². The zero-order valence-corrected chi connectivity index (χ0v) is 16.9. The third-order valence-electron chi connectivity index (χ3n) is 3.73. The van der Waals surface area contributed by atoms with Crippen LogP contribution in [0.25, 0.3) is 0 Å². The maximum atomic E-state index is 12.4. The van der Waals surface area contributed by atoms with Gasteiger partial charge in [0.2, 0.25) is 0 Å². The number of benzene rings is 1. The summed E-state index contributed by atoms with van der Waals surface area (Å²) < 4.78 is 16.8. The van der Waals surface area contributed by atoms with Crippen molar-refractivity contribution in [2.45, 2.75) is 72.7 Å². The highest BCUT2D eigenvalue weighted by Gasteiger charge is 2.30. The van der Waals surface area contributed by atoms with E-state index in [1.807, 2.05) is 51.1 Å². The van der Waals surface area contributed by atoms with Gasteiger partial charge in [-0.2, -0.15) is 0 Å². The molecule has 1 rings (SSSR count). The number of para-hydroxylation sites is 1. The lowest BCUT2D eigenvalue weighted by Crippen LogP contribution is -2.39. The van der Waals surface area contributed by atoms with Crippen LogP contribution in [0.3, 0.4) is 0 Å². The van der Waals surface area contributed by atoms with E-state index in [-0.39, 0.29) is 18.4 Å². The van der Waals surface area contributed by atoms with Crippen molar-refractivity contribution >= 4 is 11.9 Å². The summed E-state index contributed by atoms with van der Waals surface area (Å²) in [5.41, 5.74) is -0.570. The topological polar surface area (TPSA) is 61.8 Å². The molecule has 26 heavy (non-hydrogen) atoms. The van der Waals surface area contributed by atoms with E-state index < -0.39 is 29.6 Å². The van der Waals surface area contributed by atoms with Crippen LogP contribution in [-0.2, 0) is 19.1 Å². The van der Waals surface area contributed by atoms with Gasteiger partial charge in [-0.25, -0.2) is 0 Å². The van der Waals surface area contributed by atoms with Gasteiger partial charge in [0.25, 0.3) is 0 Å². The second kappa shape index (κ2) is 9.60. The van der Waals surface area contributed by atoms with Crippen LogP contribution in [0.2, 0.25) is 0 Å². The van der Waals surface area contributed by atoms with Crippen LogP contribution < -0.4 is 4.74 Å². The fraction of sp³-hybridized carbons (Fsp3) is 0.619. The minimum absolute atomic E-state index is 0.00512. The number of carbonyl (C=O) groups is 2. The molecule has 0 aliphatic rings. The summed E-state index contributed by atoms with van der Waals surface area (Å²) in [4.78, 5) is 24.3. The van der Waals surface area contributed by atoms with E-state index >= 15 is 0 Å². The van der Waals surface area contributed by atoms with E-state index in [0.29, 0.717) is 0 Å². The van der Waals surface area contributed by atoms with Crippen LogP contribution in [-0.4, -0.2) is 29.7 Å². The van der Waals surface area contributed by atoms with Crippen molar-refractivity contribution in [3.05, 3.63) is 30.3 Å². The smallest absolute Gasteiger partial charge is 0.309 e. The zero-order chi connectivity index (χ0) is 19.9. The summed E-state index contributed by atoms with van der Waals surface area (Å²) in [6.45, 7) is 12.9. The number of ether oxygens (including phenoxy) is 3. The highest BCUT2D eigenvalue weighted by Crippen LogP contribution is 2.21. The summed E-state index contributed by atoms with van der Waals surface area (Å²) in [6, 6.07) is 9.42. The molecule has 0 heterocycles. The maximum absolute atomic E-state index is 12.4. The molecule has 1 aromatic carbocycles. The summed E-state index contributed by atoms with van der Waals surface area (Å²) in [7, 11) is 0. The number of esters is 2. The molecule has 0 bridgehead atoms. The van der Waals surface area contributed by atoms with Crippen LogP contribution in [0.15, 0.2) is 30.3 Å². The molecule has 0 radical (unpaired) electrons. The van der Waals surface area contributed by atoms with Crippen LogP contribution in [0.4, 0.5) is 0 Å². The fourth-order valence-corrected chi connectivity index (χ4v) is 2.52. The molecule has 0 unspecified atom stereocenters. The van der Waals surface area contributed by atoms with E-state index in [0.717, 1.165) is 5.75 Å². The van der Waals surface area contributed by atoms with E-state index in [2.05, 4.69) is 0 Å². The monoisotopic (exact) mass is 364 g/mol. The first-order chi connectivity index (χ1) is 12.0. The van der Waals surface area contributed by atoms with Crippen molar-refractivity contribution in [3.63, 3.8) is 0 Å². The fourth-order valence-electron chi connectivity index (χ4n) is 2.52. The summed E-state index contributed by atoms with van der Waals surface area (Å²) in [5, 5.41) is 0. The molecule has 0 aromatic heterocycles. The highest BCUT2D eigenvalue weighted by atomic mass is 16.6. The summed E-state index contributed by atoms with van der Waals surface area (Å²) in [5.74, 6) is -0.598. The van der Waals surface area contributed by atoms with Gasteiger partial charge >= 0.3 is 11.9 Å². The quantitative estimate of drug-likeness (QED) is 0.640. The van der Waals surface area contributed by atoms with Gasteiger partial charge in [-0.05, 0) is 45.7 Å². The molecule has 0 saturated carbocycles. The lowest BCUT2D eigenvalue weighted by molar-refractivity contribution is -0.167. The SMILES string of the molecule is CC(C)[C@@H](OC(=O)[C@H](C)CC(=O)OC(C)(C)C)[C@H](C)Oc1ccccc1. The number of carbonyl (C=O) groups excluding carboxylic acids is 2. The summed E-state index contributed by atoms with van der Waals surface area (Å²) >= 11 is 0. The molecule has 146 valence electrons. The van der Waals surface area contributed by atoms with E-state index in [1.165, 1.54) is 0 Å². The van der Waals surface area contributed by atoms with Crippen LogP contribution >= 0.6 is 0 Å². The van der Waals surface area contributed by atoms with Gasteiger partial charge in [0.05, 0.1) is 12.3 Å². The predicted molar refractivity (Wildman–Crippen MR) is 101 cm³/mol. The lowest BCUT2D eigenvalue weighted by atomic mass is 10.0. The van der Waals surface area contributed by atoms with Crippen LogP contribution in [0, 0.1) is 11.8 Å². The lowest BCUT2D eigenvalue weighted by Gasteiger charge is -2.29. The zero-order valence-electron chi connectivity index (χ0n) is 16.9. The average Bonchev–Trinajstić information content (AvgIpc) is 2.50. The van der Waals surface area contributed by atoms with E-state index in [1.54, 1.807) is 27.7 Å². The van der Waals surface area contributed by atoms with Gasteiger partial charge in [-0.3, -0.25) is 9.59 Å². The Morgan fingerprint density at radius 3 is 2.08 bits per heavy atom. The molecule has 0 spiro atoms. The Morgan fingerprint density at radius 2 is 1.58 bits per heavy atom. The molecule has 1 aromatic rings. The molecule has 5 heteroatoms. The van der Waals surface area contributed by atoms with Gasteiger partial charge in [-0.1, -0.05) is 39.0 Å². The van der Waals surface area contributed by atoms with Crippen molar-refractivity contribution in [3.8, 4) is 5.75 Å². The Labute approximate surface area is 157 Å². The Balaban J connectivity index is 2.65. The van der Waals surface area contributed by atoms with Crippen molar-refractivity contribution < 1.29 is 23.8 Å². The minimum Gasteiger partial charge on any atom is -0.487 e. The van der Waals surface area contributed by atoms with Gasteiger partial charge in [-0.15, -0.1) is 0 Å². The Bertz CT molecular complexity index is 574. The molecule has 0 aliphatic carbocycles. The Hall–Kier alpha value is -2.04. The second-order valence-electron chi connectivity index (χ2n) is 7.97. The first kappa shape index (κ1) is 22.0. The van der Waals surface area contributed by atoms with Gasteiger partial charge in [0.1, 0.15) is 23.6 Å². The largest absolute Gasteiger partial charge is 0.487 e. The molecule has 5 nitrogen and oxygen atoms in total. The van der Waals surface area contributed by atoms with Crippen molar-refractivity contribution in [1.29, 1.82) is 0 Å². The molecule has 0 N–H and O–H groups in total. The first-order valence-electron chi connectivity index (χ1n) is 9.13. The molecular weight excluding hydrogens is 332 g/mol. The minimum atomic E-state index is -0.574. The molecule has 3 atom stereocenters. The van der Waals surface area contributed by atoms with Crippen molar-refractivity contribution in [1.82, 2.24) is 0 Å². The molecular formula is C21H32O5. The standard InChI is InChI=1S/C21H32O5/c1-14(2)19(16(4)24-17-11-9-8-10-12-17)25-20(23)15(3)13-18(22)26-21(5,6)7/h8-12,14-16,19H,13H2,1-7H3/t15-,16+,19-/m1/s1. The van der Waals surface area contributed by atoms with Crippen LogP contribution in [0.1, 0.15) is 54.9 Å². The molecule has 0 saturated heterocycles. The number of hydrogen-bond donors (Lipinski definition) is 0. The first-order valence-corrected chi connectivity index (χ1v) is 9.13. The second-order valence-corrected chi connectivity index (χ2v) is 7.97. The normalized spacial score (nSPS) is 15.1. The maximum Gasteiger partial charge on any atom is 0.309 e. The van der Waals surface area contributed by atoms with E-state index in [4.69, 9.17) is 14.2 Å². The average molecular weight is 364 g/mol. The third-order valence-corrected chi connectivity index (χ3v) is 3.73. The Morgan fingerprint density at radius 1 is 1.00 bits per heavy atom.